The fourth-order valence-corrected chi connectivity index (χ4v) is 2.89. The highest BCUT2D eigenvalue weighted by Crippen LogP contribution is 2.05. The van der Waals surface area contributed by atoms with Crippen LogP contribution in [-0.4, -0.2) is 71.1 Å². The van der Waals surface area contributed by atoms with Crippen LogP contribution < -0.4 is 27.4 Å². The van der Waals surface area contributed by atoms with E-state index in [0.29, 0.717) is 31.4 Å². The monoisotopic (exact) mass is 465 g/mol. The van der Waals surface area contributed by atoms with Gasteiger partial charge in [0.2, 0.25) is 17.7 Å². The van der Waals surface area contributed by atoms with Crippen molar-refractivity contribution in [2.45, 2.75) is 50.2 Å². The van der Waals surface area contributed by atoms with Gasteiger partial charge in [-0.25, -0.2) is 4.79 Å². The van der Waals surface area contributed by atoms with Gasteiger partial charge in [-0.05, 0) is 24.9 Å². The third kappa shape index (κ3) is 11.1. The van der Waals surface area contributed by atoms with Crippen molar-refractivity contribution >= 4 is 29.7 Å². The Bertz CT molecular complexity index is 818. The average molecular weight is 466 g/mol. The lowest BCUT2D eigenvalue weighted by atomic mass is 10.1. The predicted octanol–water partition coefficient (Wildman–Crippen LogP) is -1.67. The van der Waals surface area contributed by atoms with Gasteiger partial charge >= 0.3 is 11.9 Å². The Morgan fingerprint density at radius 2 is 1.58 bits per heavy atom. The predicted molar refractivity (Wildman–Crippen MR) is 118 cm³/mol. The van der Waals surface area contributed by atoms with Gasteiger partial charge in [0.15, 0.2) is 0 Å². The first-order valence-electron chi connectivity index (χ1n) is 10.5. The highest BCUT2D eigenvalue weighted by Gasteiger charge is 2.28. The summed E-state index contributed by atoms with van der Waals surface area (Å²) in [5.74, 6) is -5.07. The molecular formula is C21H31N5O7. The standard InChI is InChI=1S/C21H31N5O7/c22-9-5-4-8-14(23)19(30)24-12-17(27)25-15(11-18(28)29)20(31)26-16(21(32)33)10-13-6-2-1-3-7-13/h1-3,6-7,14-16H,4-5,8-12,22-23H2,(H,24,30)(H,25,27)(H,26,31)(H,28,29)(H,32,33). The number of benzene rings is 1. The molecule has 3 amide bonds. The van der Waals surface area contributed by atoms with Crippen LogP contribution in [0, 0.1) is 0 Å². The summed E-state index contributed by atoms with van der Waals surface area (Å²) in [5, 5.41) is 25.3. The number of amides is 3. The zero-order valence-corrected chi connectivity index (χ0v) is 18.2. The minimum Gasteiger partial charge on any atom is -0.481 e. The molecule has 0 saturated heterocycles. The summed E-state index contributed by atoms with van der Waals surface area (Å²) in [5.41, 5.74) is 11.7. The third-order valence-electron chi connectivity index (χ3n) is 4.66. The van der Waals surface area contributed by atoms with Crippen LogP contribution in [0.15, 0.2) is 30.3 Å². The first-order chi connectivity index (χ1) is 15.6. The van der Waals surface area contributed by atoms with E-state index in [-0.39, 0.29) is 6.42 Å². The van der Waals surface area contributed by atoms with Crippen LogP contribution in [0.4, 0.5) is 0 Å². The van der Waals surface area contributed by atoms with Crippen LogP contribution >= 0.6 is 0 Å². The number of unbranched alkanes of at least 4 members (excludes halogenated alkanes) is 1. The molecule has 0 radical (unpaired) electrons. The Labute approximate surface area is 191 Å². The second-order valence-corrected chi connectivity index (χ2v) is 7.42. The molecule has 0 aliphatic rings. The van der Waals surface area contributed by atoms with Gasteiger partial charge in [-0.15, -0.1) is 0 Å². The normalized spacial score (nSPS) is 13.3. The fourth-order valence-electron chi connectivity index (χ4n) is 2.89. The number of nitrogens with one attached hydrogen (secondary N) is 3. The van der Waals surface area contributed by atoms with Crippen LogP contribution in [-0.2, 0) is 30.4 Å². The first kappa shape index (κ1) is 27.5. The maximum atomic E-state index is 12.5. The maximum absolute atomic E-state index is 12.5. The fraction of sp³-hybridized carbons (Fsp3) is 0.476. The minimum absolute atomic E-state index is 0.0340. The van der Waals surface area contributed by atoms with E-state index in [1.54, 1.807) is 30.3 Å². The molecule has 0 aliphatic carbocycles. The van der Waals surface area contributed by atoms with E-state index in [2.05, 4.69) is 16.0 Å². The Kier molecular flexibility index (Phi) is 12.1. The largest absolute Gasteiger partial charge is 0.481 e. The molecule has 182 valence electrons. The van der Waals surface area contributed by atoms with Gasteiger partial charge < -0.3 is 37.6 Å². The van der Waals surface area contributed by atoms with Gasteiger partial charge in [0.05, 0.1) is 19.0 Å². The number of hydrogen-bond donors (Lipinski definition) is 7. The lowest BCUT2D eigenvalue weighted by Gasteiger charge is -2.21. The van der Waals surface area contributed by atoms with Crippen LogP contribution in [0.1, 0.15) is 31.2 Å². The summed E-state index contributed by atoms with van der Waals surface area (Å²) in [6.07, 6.45) is 0.920. The summed E-state index contributed by atoms with van der Waals surface area (Å²) in [6.45, 7) is -0.0585. The number of rotatable bonds is 15. The van der Waals surface area contributed by atoms with Crippen molar-refractivity contribution in [1.82, 2.24) is 16.0 Å². The van der Waals surface area contributed by atoms with Gasteiger partial charge in [0.1, 0.15) is 12.1 Å². The highest BCUT2D eigenvalue weighted by molar-refractivity contribution is 5.94. The summed E-state index contributed by atoms with van der Waals surface area (Å²) in [6, 6.07) is 4.83. The molecule has 9 N–H and O–H groups in total. The summed E-state index contributed by atoms with van der Waals surface area (Å²) < 4.78 is 0. The number of carbonyl (C=O) groups is 5. The van der Waals surface area contributed by atoms with Gasteiger partial charge in [-0.1, -0.05) is 36.8 Å². The second kappa shape index (κ2) is 14.5. The maximum Gasteiger partial charge on any atom is 0.326 e. The topological polar surface area (TPSA) is 214 Å². The van der Waals surface area contributed by atoms with Crippen molar-refractivity contribution < 1.29 is 34.2 Å². The average Bonchev–Trinajstić information content (AvgIpc) is 2.76. The van der Waals surface area contributed by atoms with Crippen LogP contribution in [0.3, 0.4) is 0 Å². The van der Waals surface area contributed by atoms with Crippen molar-refractivity contribution in [2.24, 2.45) is 11.5 Å². The lowest BCUT2D eigenvalue weighted by molar-refractivity contribution is -0.143. The third-order valence-corrected chi connectivity index (χ3v) is 4.66. The second-order valence-electron chi connectivity index (χ2n) is 7.42. The van der Waals surface area contributed by atoms with Crippen LogP contribution in [0.2, 0.25) is 0 Å². The number of aliphatic carboxylic acids is 2. The van der Waals surface area contributed by atoms with E-state index >= 15 is 0 Å². The van der Waals surface area contributed by atoms with Crippen molar-refractivity contribution in [1.29, 1.82) is 0 Å². The molecule has 12 heteroatoms. The van der Waals surface area contributed by atoms with Gasteiger partial charge in [-0.2, -0.15) is 0 Å². The molecule has 0 bridgehead atoms. The molecule has 0 fully saturated rings. The van der Waals surface area contributed by atoms with E-state index in [4.69, 9.17) is 16.6 Å². The molecule has 3 atom stereocenters. The van der Waals surface area contributed by atoms with Crippen LogP contribution in [0.5, 0.6) is 0 Å². The van der Waals surface area contributed by atoms with E-state index in [0.717, 1.165) is 0 Å². The Balaban J connectivity index is 2.68. The van der Waals surface area contributed by atoms with E-state index < -0.39 is 60.8 Å². The number of carbonyl (C=O) groups excluding carboxylic acids is 3. The molecule has 0 saturated carbocycles. The molecular weight excluding hydrogens is 434 g/mol. The molecule has 1 rings (SSSR count). The Morgan fingerprint density at radius 3 is 2.15 bits per heavy atom. The molecule has 33 heavy (non-hydrogen) atoms. The zero-order chi connectivity index (χ0) is 24.8. The molecule has 1 aromatic rings. The summed E-state index contributed by atoms with van der Waals surface area (Å²) >= 11 is 0. The number of carboxylic acid groups (broad SMARTS) is 2. The van der Waals surface area contributed by atoms with Crippen molar-refractivity contribution in [3.63, 3.8) is 0 Å². The molecule has 3 unspecified atom stereocenters. The SMILES string of the molecule is NCCCCC(N)C(=O)NCC(=O)NC(CC(=O)O)C(=O)NC(Cc1ccccc1)C(=O)O. The number of hydrogen-bond acceptors (Lipinski definition) is 7. The van der Waals surface area contributed by atoms with Crippen molar-refractivity contribution in [3.05, 3.63) is 35.9 Å². The van der Waals surface area contributed by atoms with Gasteiger partial charge in [0.25, 0.3) is 0 Å². The van der Waals surface area contributed by atoms with Crippen molar-refractivity contribution in [2.75, 3.05) is 13.1 Å². The highest BCUT2D eigenvalue weighted by atomic mass is 16.4. The zero-order valence-electron chi connectivity index (χ0n) is 18.2. The molecule has 0 spiro atoms. The van der Waals surface area contributed by atoms with Crippen molar-refractivity contribution in [3.8, 4) is 0 Å². The quantitative estimate of drug-likeness (QED) is 0.147. The summed E-state index contributed by atoms with van der Waals surface area (Å²) in [7, 11) is 0. The van der Waals surface area contributed by atoms with Gasteiger partial charge in [0, 0.05) is 6.42 Å². The molecule has 12 nitrogen and oxygen atoms in total. The van der Waals surface area contributed by atoms with Gasteiger partial charge in [-0.3, -0.25) is 19.2 Å². The van der Waals surface area contributed by atoms with Crippen LogP contribution in [0.25, 0.3) is 0 Å². The number of nitrogens with two attached hydrogens (primary N) is 2. The Hall–Kier alpha value is -3.51. The van der Waals surface area contributed by atoms with E-state index in [9.17, 15) is 29.1 Å². The molecule has 0 aromatic heterocycles. The van der Waals surface area contributed by atoms with E-state index in [1.165, 1.54) is 0 Å². The molecule has 0 heterocycles. The number of carboxylic acids is 2. The molecule has 0 aliphatic heterocycles. The first-order valence-corrected chi connectivity index (χ1v) is 10.5. The lowest BCUT2D eigenvalue weighted by Crippen LogP contribution is -2.54. The minimum atomic E-state index is -1.54. The smallest absolute Gasteiger partial charge is 0.326 e. The molecule has 1 aromatic carbocycles. The Morgan fingerprint density at radius 1 is 0.909 bits per heavy atom. The van der Waals surface area contributed by atoms with E-state index in [1.807, 2.05) is 0 Å². The summed E-state index contributed by atoms with van der Waals surface area (Å²) in [4.78, 5) is 59.4.